The van der Waals surface area contributed by atoms with E-state index in [1.54, 1.807) is 0 Å². The van der Waals surface area contributed by atoms with Crippen molar-refractivity contribution in [2.75, 3.05) is 0 Å². The summed E-state index contributed by atoms with van der Waals surface area (Å²) in [6.45, 7) is 0. The molecule has 7 aromatic carbocycles. The minimum atomic E-state index is 0.533. The lowest BCUT2D eigenvalue weighted by Gasteiger charge is -2.14. The van der Waals surface area contributed by atoms with Gasteiger partial charge < -0.3 is 13.6 Å². The molecule has 10 rings (SSSR count). The summed E-state index contributed by atoms with van der Waals surface area (Å²) >= 11 is 0. The van der Waals surface area contributed by atoms with Crippen LogP contribution in [0.3, 0.4) is 0 Å². The standard InChI is InChI=1S/C44H24N4O/c45-25-27-21-29(24-31(22-27)47-38-13-5-1-9-32(38)33-10-2-6-14-39(33)47)28-17-19-37(30(23-28)26-46)48-40-15-7-3-12-36(40)43-41(48)20-18-35-34-11-4-8-16-42(34)49-44(35)43/h1-24H. The van der Waals surface area contributed by atoms with Crippen molar-refractivity contribution in [1.82, 2.24) is 9.13 Å². The van der Waals surface area contributed by atoms with Crippen molar-refractivity contribution < 1.29 is 4.42 Å². The van der Waals surface area contributed by atoms with Gasteiger partial charge in [0.25, 0.3) is 0 Å². The minimum absolute atomic E-state index is 0.533. The molecule has 0 fully saturated rings. The molecule has 0 aliphatic rings. The number of furan rings is 1. The van der Waals surface area contributed by atoms with Gasteiger partial charge in [0.2, 0.25) is 0 Å². The zero-order chi connectivity index (χ0) is 32.6. The molecule has 0 atom stereocenters. The average Bonchev–Trinajstić information content (AvgIpc) is 3.82. The van der Waals surface area contributed by atoms with Gasteiger partial charge in [-0.05, 0) is 77.9 Å². The molecule has 3 heterocycles. The van der Waals surface area contributed by atoms with Crippen LogP contribution in [0.5, 0.6) is 0 Å². The number of hydrogen-bond acceptors (Lipinski definition) is 3. The van der Waals surface area contributed by atoms with Crippen molar-refractivity contribution in [2.24, 2.45) is 0 Å². The van der Waals surface area contributed by atoms with Gasteiger partial charge in [-0.1, -0.05) is 78.9 Å². The molecule has 49 heavy (non-hydrogen) atoms. The molecular weight excluding hydrogens is 601 g/mol. The molecule has 0 bridgehead atoms. The Morgan fingerprint density at radius 3 is 1.84 bits per heavy atom. The highest BCUT2D eigenvalue weighted by molar-refractivity contribution is 6.24. The third-order valence-corrected chi connectivity index (χ3v) is 9.76. The SMILES string of the molecule is N#Cc1cc(-c2ccc(-n3c4ccccc4c4c5oc6ccccc6c5ccc43)c(C#N)c2)cc(-n2c3ccccc3c3ccccc32)c1. The van der Waals surface area contributed by atoms with E-state index in [2.05, 4.69) is 94.1 Å². The first-order valence-electron chi connectivity index (χ1n) is 16.1. The number of hydrogen-bond donors (Lipinski definition) is 0. The lowest BCUT2D eigenvalue weighted by Crippen LogP contribution is -1.99. The van der Waals surface area contributed by atoms with Crippen LogP contribution in [0, 0.1) is 22.7 Å². The van der Waals surface area contributed by atoms with Crippen molar-refractivity contribution in [3.63, 3.8) is 0 Å². The predicted molar refractivity (Wildman–Crippen MR) is 197 cm³/mol. The Morgan fingerprint density at radius 1 is 0.469 bits per heavy atom. The first kappa shape index (κ1) is 27.1. The molecule has 0 N–H and O–H groups in total. The van der Waals surface area contributed by atoms with Crippen LogP contribution in [0.15, 0.2) is 150 Å². The summed E-state index contributed by atoms with van der Waals surface area (Å²) < 4.78 is 10.8. The molecule has 0 saturated carbocycles. The van der Waals surface area contributed by atoms with Gasteiger partial charge in [-0.25, -0.2) is 0 Å². The van der Waals surface area contributed by atoms with E-state index in [1.807, 2.05) is 72.8 Å². The molecule has 0 amide bonds. The van der Waals surface area contributed by atoms with Crippen LogP contribution >= 0.6 is 0 Å². The molecule has 0 unspecified atom stereocenters. The zero-order valence-electron chi connectivity index (χ0n) is 26.1. The van der Waals surface area contributed by atoms with Crippen molar-refractivity contribution >= 4 is 65.6 Å². The first-order chi connectivity index (χ1) is 24.2. The van der Waals surface area contributed by atoms with Gasteiger partial charge in [-0.2, -0.15) is 10.5 Å². The average molecular weight is 625 g/mol. The van der Waals surface area contributed by atoms with Crippen LogP contribution in [0.25, 0.3) is 88.1 Å². The number of benzene rings is 7. The quantitative estimate of drug-likeness (QED) is 0.196. The highest BCUT2D eigenvalue weighted by Gasteiger charge is 2.20. The molecule has 0 spiro atoms. The molecule has 0 saturated heterocycles. The van der Waals surface area contributed by atoms with Crippen molar-refractivity contribution in [3.05, 3.63) is 157 Å². The van der Waals surface area contributed by atoms with Gasteiger partial charge >= 0.3 is 0 Å². The number of nitriles is 2. The summed E-state index contributed by atoms with van der Waals surface area (Å²) in [4.78, 5) is 0. The van der Waals surface area contributed by atoms with Gasteiger partial charge in [0.15, 0.2) is 0 Å². The molecule has 226 valence electrons. The van der Waals surface area contributed by atoms with E-state index in [1.165, 1.54) is 0 Å². The molecule has 0 aliphatic carbocycles. The van der Waals surface area contributed by atoms with Crippen LogP contribution in [0.2, 0.25) is 0 Å². The van der Waals surface area contributed by atoms with E-state index in [0.29, 0.717) is 11.1 Å². The summed E-state index contributed by atoms with van der Waals surface area (Å²) in [6.07, 6.45) is 0. The Bertz CT molecular complexity index is 3030. The van der Waals surface area contributed by atoms with Crippen LogP contribution in [0.4, 0.5) is 0 Å². The van der Waals surface area contributed by atoms with E-state index in [0.717, 1.165) is 88.1 Å². The fraction of sp³-hybridized carbons (Fsp3) is 0. The number of para-hydroxylation sites is 4. The van der Waals surface area contributed by atoms with Gasteiger partial charge in [0, 0.05) is 32.6 Å². The van der Waals surface area contributed by atoms with Gasteiger partial charge in [-0.3, -0.25) is 0 Å². The summed E-state index contributed by atoms with van der Waals surface area (Å²) in [5, 5.41) is 27.3. The van der Waals surface area contributed by atoms with Crippen LogP contribution in [0.1, 0.15) is 11.1 Å². The zero-order valence-corrected chi connectivity index (χ0v) is 26.1. The Labute approximate surface area is 280 Å². The molecule has 3 aromatic heterocycles. The maximum absolute atomic E-state index is 10.6. The second-order valence-electron chi connectivity index (χ2n) is 12.4. The largest absolute Gasteiger partial charge is 0.455 e. The first-order valence-corrected chi connectivity index (χ1v) is 16.1. The summed E-state index contributed by atoms with van der Waals surface area (Å²) in [5.41, 5.74) is 10.3. The fourth-order valence-electron chi connectivity index (χ4n) is 7.67. The molecule has 5 heteroatoms. The molecule has 5 nitrogen and oxygen atoms in total. The summed E-state index contributed by atoms with van der Waals surface area (Å²) in [7, 11) is 0. The van der Waals surface area contributed by atoms with Crippen LogP contribution in [-0.4, -0.2) is 9.13 Å². The van der Waals surface area contributed by atoms with Crippen molar-refractivity contribution in [1.29, 1.82) is 10.5 Å². The fourth-order valence-corrected chi connectivity index (χ4v) is 7.67. The predicted octanol–water partition coefficient (Wildman–Crippen LogP) is 11.2. The highest BCUT2D eigenvalue weighted by Crippen LogP contribution is 2.41. The second-order valence-corrected chi connectivity index (χ2v) is 12.4. The summed E-state index contributed by atoms with van der Waals surface area (Å²) in [6, 6.07) is 54.1. The lowest BCUT2D eigenvalue weighted by molar-refractivity contribution is 0.673. The smallest absolute Gasteiger partial charge is 0.145 e. The van der Waals surface area contributed by atoms with Gasteiger partial charge in [0.1, 0.15) is 17.2 Å². The van der Waals surface area contributed by atoms with E-state index in [9.17, 15) is 10.5 Å². The molecular formula is C44H24N4O. The van der Waals surface area contributed by atoms with Crippen LogP contribution < -0.4 is 0 Å². The van der Waals surface area contributed by atoms with E-state index in [4.69, 9.17) is 4.42 Å². The minimum Gasteiger partial charge on any atom is -0.455 e. The Hall–Kier alpha value is -7.08. The van der Waals surface area contributed by atoms with Crippen LogP contribution in [-0.2, 0) is 0 Å². The summed E-state index contributed by atoms with van der Waals surface area (Å²) in [5.74, 6) is 0. The maximum Gasteiger partial charge on any atom is 0.145 e. The second kappa shape index (κ2) is 10.2. The molecule has 0 aliphatic heterocycles. The lowest BCUT2D eigenvalue weighted by atomic mass is 9.99. The van der Waals surface area contributed by atoms with Crippen molar-refractivity contribution in [3.8, 4) is 34.6 Å². The van der Waals surface area contributed by atoms with E-state index in [-0.39, 0.29) is 0 Å². The normalized spacial score (nSPS) is 11.6. The third-order valence-electron chi connectivity index (χ3n) is 9.76. The third kappa shape index (κ3) is 3.85. The number of fused-ring (bicyclic) bond motifs is 10. The monoisotopic (exact) mass is 624 g/mol. The van der Waals surface area contributed by atoms with Gasteiger partial charge in [-0.15, -0.1) is 0 Å². The van der Waals surface area contributed by atoms with E-state index >= 15 is 0 Å². The molecule has 0 radical (unpaired) electrons. The Balaban J connectivity index is 1.18. The van der Waals surface area contributed by atoms with Crippen molar-refractivity contribution in [2.45, 2.75) is 0 Å². The number of rotatable bonds is 3. The highest BCUT2D eigenvalue weighted by atomic mass is 16.3. The van der Waals surface area contributed by atoms with E-state index < -0.39 is 0 Å². The Morgan fingerprint density at radius 2 is 1.12 bits per heavy atom. The molecule has 10 aromatic rings. The number of aromatic nitrogens is 2. The Kier molecular flexibility index (Phi) is 5.64. The maximum atomic E-state index is 10.6. The van der Waals surface area contributed by atoms with Gasteiger partial charge in [0.05, 0.1) is 50.3 Å². The number of nitrogens with zero attached hydrogens (tertiary/aromatic N) is 4. The topological polar surface area (TPSA) is 70.6 Å².